The summed E-state index contributed by atoms with van der Waals surface area (Å²) in [4.78, 5) is 0. The van der Waals surface area contributed by atoms with Crippen LogP contribution < -0.4 is 0 Å². The molecule has 2 rings (SSSR count). The van der Waals surface area contributed by atoms with Crippen molar-refractivity contribution < 1.29 is 0 Å². The van der Waals surface area contributed by atoms with Gasteiger partial charge in [0.15, 0.2) is 0 Å². The smallest absolute Gasteiger partial charge is 0.0474 e. The summed E-state index contributed by atoms with van der Waals surface area (Å²) in [5.41, 5.74) is 3.86. The van der Waals surface area contributed by atoms with Crippen molar-refractivity contribution >= 4 is 11.6 Å². The van der Waals surface area contributed by atoms with E-state index in [0.717, 1.165) is 6.42 Å². The second-order valence-electron chi connectivity index (χ2n) is 3.23. The molecule has 0 N–H and O–H groups in total. The normalized spacial score (nSPS) is 19.9. The Bertz CT molecular complexity index is 351. The molecule has 0 heterocycles. The molecule has 2 bridgehead atoms. The lowest BCUT2D eigenvalue weighted by molar-refractivity contribution is 1.22. The van der Waals surface area contributed by atoms with Gasteiger partial charge in [-0.1, -0.05) is 42.5 Å². The van der Waals surface area contributed by atoms with Crippen molar-refractivity contribution in [3.63, 3.8) is 0 Å². The molecule has 0 amide bonds. The summed E-state index contributed by atoms with van der Waals surface area (Å²) in [5.74, 6) is 0.588. The second-order valence-corrected chi connectivity index (χ2v) is 3.50. The van der Waals surface area contributed by atoms with Crippen LogP contribution in [0.3, 0.4) is 0 Å². The lowest BCUT2D eigenvalue weighted by Gasteiger charge is -1.98. The van der Waals surface area contributed by atoms with E-state index in [-0.39, 0.29) is 0 Å². The third-order valence-electron chi connectivity index (χ3n) is 2.18. The predicted octanol–water partition coefficient (Wildman–Crippen LogP) is 3.53. The summed E-state index contributed by atoms with van der Waals surface area (Å²) in [6.07, 6.45) is 15.9. The number of hydrogen-bond donors (Lipinski definition) is 0. The van der Waals surface area contributed by atoms with E-state index in [1.165, 1.54) is 16.7 Å². The average molecular weight is 191 g/mol. The van der Waals surface area contributed by atoms with Gasteiger partial charge in [-0.25, -0.2) is 0 Å². The summed E-state index contributed by atoms with van der Waals surface area (Å²) >= 11 is 5.80. The number of allylic oxidation sites excluding steroid dienone is 10. The molecule has 0 aromatic heterocycles. The quantitative estimate of drug-likeness (QED) is 0.555. The molecule has 0 atom stereocenters. The summed E-state index contributed by atoms with van der Waals surface area (Å²) in [7, 11) is 0. The molecule has 0 aliphatic heterocycles. The Morgan fingerprint density at radius 2 is 1.85 bits per heavy atom. The Morgan fingerprint density at radius 1 is 1.08 bits per heavy atom. The maximum absolute atomic E-state index is 5.80. The molecule has 2 aliphatic rings. The summed E-state index contributed by atoms with van der Waals surface area (Å²) in [5, 5.41) is 0. The highest BCUT2D eigenvalue weighted by Gasteiger charge is 2.04. The van der Waals surface area contributed by atoms with Gasteiger partial charge in [0.25, 0.3) is 0 Å². The minimum atomic E-state index is 0.588. The van der Waals surface area contributed by atoms with E-state index in [1.807, 2.05) is 0 Å². The summed E-state index contributed by atoms with van der Waals surface area (Å²) in [6.45, 7) is 0. The molecule has 0 unspecified atom stereocenters. The van der Waals surface area contributed by atoms with Crippen LogP contribution >= 0.6 is 11.6 Å². The topological polar surface area (TPSA) is 0 Å². The highest BCUT2D eigenvalue weighted by molar-refractivity contribution is 6.19. The molecule has 0 saturated carbocycles. The fourth-order valence-corrected chi connectivity index (χ4v) is 1.68. The van der Waals surface area contributed by atoms with E-state index in [1.54, 1.807) is 0 Å². The first-order chi connectivity index (χ1) is 6.38. The highest BCUT2D eigenvalue weighted by Crippen LogP contribution is 2.22. The van der Waals surface area contributed by atoms with Crippen molar-refractivity contribution in [2.24, 2.45) is 0 Å². The molecular formula is C12H11Cl. The van der Waals surface area contributed by atoms with Gasteiger partial charge in [0.05, 0.1) is 0 Å². The zero-order chi connectivity index (χ0) is 9.10. The van der Waals surface area contributed by atoms with Crippen LogP contribution in [0, 0.1) is 0 Å². The van der Waals surface area contributed by atoms with Crippen LogP contribution in [0.15, 0.2) is 59.3 Å². The van der Waals surface area contributed by atoms with Crippen LogP contribution in [0.4, 0.5) is 0 Å². The molecule has 2 aliphatic carbocycles. The zero-order valence-corrected chi connectivity index (χ0v) is 8.09. The van der Waals surface area contributed by atoms with Gasteiger partial charge in [-0.05, 0) is 23.1 Å². The van der Waals surface area contributed by atoms with E-state index in [9.17, 15) is 0 Å². The zero-order valence-electron chi connectivity index (χ0n) is 7.33. The first-order valence-corrected chi connectivity index (χ1v) is 4.93. The number of hydrogen-bond acceptors (Lipinski definition) is 0. The first-order valence-electron chi connectivity index (χ1n) is 4.39. The lowest BCUT2D eigenvalue weighted by Crippen LogP contribution is -1.80. The third kappa shape index (κ3) is 2.02. The van der Waals surface area contributed by atoms with Gasteiger partial charge in [-0.2, -0.15) is 0 Å². The Labute approximate surface area is 83.6 Å². The minimum Gasteiger partial charge on any atom is -0.122 e. The number of fused-ring (bicyclic) bond motifs is 2. The summed E-state index contributed by atoms with van der Waals surface area (Å²) < 4.78 is 0. The molecule has 1 heteroatoms. The van der Waals surface area contributed by atoms with Crippen molar-refractivity contribution in [2.45, 2.75) is 6.42 Å². The third-order valence-corrected chi connectivity index (χ3v) is 2.49. The molecule has 0 spiro atoms. The predicted molar refractivity (Wildman–Crippen MR) is 57.9 cm³/mol. The average Bonchev–Trinajstić information content (AvgIpc) is 2.49. The SMILES string of the molecule is ClCC1=CC2=CC=CC=C(C=C1)C2. The Kier molecular flexibility index (Phi) is 2.51. The minimum absolute atomic E-state index is 0.588. The monoisotopic (exact) mass is 190 g/mol. The molecule has 0 saturated heterocycles. The fourth-order valence-electron chi connectivity index (χ4n) is 1.51. The Morgan fingerprint density at radius 3 is 2.62 bits per heavy atom. The van der Waals surface area contributed by atoms with Crippen LogP contribution in [0.25, 0.3) is 0 Å². The summed E-state index contributed by atoms with van der Waals surface area (Å²) in [6, 6.07) is 0. The van der Waals surface area contributed by atoms with Gasteiger partial charge in [-0.15, -0.1) is 11.6 Å². The molecule has 0 radical (unpaired) electrons. The van der Waals surface area contributed by atoms with Gasteiger partial charge in [-0.3, -0.25) is 0 Å². The maximum Gasteiger partial charge on any atom is 0.0474 e. The van der Waals surface area contributed by atoms with Crippen LogP contribution in [0.1, 0.15) is 6.42 Å². The Balaban J connectivity index is 2.42. The van der Waals surface area contributed by atoms with Crippen LogP contribution in [0.5, 0.6) is 0 Å². The van der Waals surface area contributed by atoms with Crippen LogP contribution in [-0.2, 0) is 0 Å². The lowest BCUT2D eigenvalue weighted by atomic mass is 10.1. The van der Waals surface area contributed by atoms with E-state index >= 15 is 0 Å². The van der Waals surface area contributed by atoms with Gasteiger partial charge >= 0.3 is 0 Å². The van der Waals surface area contributed by atoms with E-state index < -0.39 is 0 Å². The standard InChI is InChI=1S/C12H11Cl/c13-9-12-6-5-10-3-1-2-4-11(7-10)8-12/h1-6,8H,7,9H2. The molecule has 13 heavy (non-hydrogen) atoms. The molecule has 66 valence electrons. The highest BCUT2D eigenvalue weighted by atomic mass is 35.5. The van der Waals surface area contributed by atoms with E-state index in [0.29, 0.717) is 5.88 Å². The molecule has 0 fully saturated rings. The van der Waals surface area contributed by atoms with Crippen molar-refractivity contribution in [1.29, 1.82) is 0 Å². The van der Waals surface area contributed by atoms with Crippen molar-refractivity contribution in [3.8, 4) is 0 Å². The van der Waals surface area contributed by atoms with Gasteiger partial charge in [0, 0.05) is 5.88 Å². The molecule has 0 aromatic rings. The van der Waals surface area contributed by atoms with Gasteiger partial charge < -0.3 is 0 Å². The Hall–Kier alpha value is -1.01. The van der Waals surface area contributed by atoms with E-state index in [4.69, 9.17) is 11.6 Å². The number of rotatable bonds is 1. The maximum atomic E-state index is 5.80. The fraction of sp³-hybridized carbons (Fsp3) is 0.167. The van der Waals surface area contributed by atoms with E-state index in [2.05, 4.69) is 42.5 Å². The van der Waals surface area contributed by atoms with Crippen LogP contribution in [-0.4, -0.2) is 5.88 Å². The second kappa shape index (κ2) is 3.80. The number of alkyl halides is 1. The first kappa shape index (κ1) is 8.58. The van der Waals surface area contributed by atoms with Gasteiger partial charge in [0.2, 0.25) is 0 Å². The molecular weight excluding hydrogens is 180 g/mol. The van der Waals surface area contributed by atoms with Crippen LogP contribution in [0.2, 0.25) is 0 Å². The molecule has 0 nitrogen and oxygen atoms in total. The van der Waals surface area contributed by atoms with Gasteiger partial charge in [0.1, 0.15) is 0 Å². The number of halogens is 1. The van der Waals surface area contributed by atoms with Crippen molar-refractivity contribution in [2.75, 3.05) is 5.88 Å². The largest absolute Gasteiger partial charge is 0.122 e. The van der Waals surface area contributed by atoms with Crippen molar-refractivity contribution in [3.05, 3.63) is 59.3 Å². The molecule has 0 aromatic carbocycles. The van der Waals surface area contributed by atoms with Crippen molar-refractivity contribution in [1.82, 2.24) is 0 Å².